The summed E-state index contributed by atoms with van der Waals surface area (Å²) in [5.74, 6) is -11.5. The minimum Gasteiger partial charge on any atom is -0.288 e. The second-order valence-electron chi connectivity index (χ2n) is 7.34. The molecule has 184 valence electrons. The maximum Gasteiger partial charge on any atom is 0.267 e. The standard InChI is InChI=1S/C24H18F6N2O2S/c1-13(16-7-9-17(25)10-8-16)32(35-24-22(29)20(27)19(26)21(28)23(24)30)12-15-4-2-14(3-5-15)6-11-18(33)31-34/h2-11,13,34H,12H2,1H3,(H,31,33)/b11-6+. The fourth-order valence-corrected chi connectivity index (χ4v) is 4.13. The normalized spacial score (nSPS) is 12.4. The van der Waals surface area contributed by atoms with Crippen LogP contribution >= 0.6 is 11.9 Å². The maximum atomic E-state index is 14.4. The summed E-state index contributed by atoms with van der Waals surface area (Å²) < 4.78 is 84.5. The van der Waals surface area contributed by atoms with Gasteiger partial charge < -0.3 is 0 Å². The van der Waals surface area contributed by atoms with Gasteiger partial charge >= 0.3 is 0 Å². The van der Waals surface area contributed by atoms with E-state index in [-0.39, 0.29) is 6.54 Å². The summed E-state index contributed by atoms with van der Waals surface area (Å²) in [5.41, 5.74) is 3.20. The molecule has 0 saturated heterocycles. The Morgan fingerprint density at radius 3 is 2.00 bits per heavy atom. The van der Waals surface area contributed by atoms with Gasteiger partial charge in [-0.1, -0.05) is 36.4 Å². The molecule has 1 atom stereocenters. The van der Waals surface area contributed by atoms with Crippen LogP contribution < -0.4 is 5.48 Å². The fraction of sp³-hybridized carbons (Fsp3) is 0.125. The first-order valence-electron chi connectivity index (χ1n) is 10.0. The van der Waals surface area contributed by atoms with Crippen molar-refractivity contribution in [1.82, 2.24) is 9.79 Å². The van der Waals surface area contributed by atoms with Crippen molar-refractivity contribution in [2.75, 3.05) is 0 Å². The number of amides is 1. The average molecular weight is 512 g/mol. The van der Waals surface area contributed by atoms with Gasteiger partial charge in [0.05, 0.1) is 0 Å². The number of hydrogen-bond donors (Lipinski definition) is 2. The number of benzene rings is 3. The van der Waals surface area contributed by atoms with Crippen molar-refractivity contribution < 1.29 is 36.3 Å². The summed E-state index contributed by atoms with van der Waals surface area (Å²) in [6.07, 6.45) is 2.52. The zero-order valence-corrected chi connectivity index (χ0v) is 18.9. The first-order chi connectivity index (χ1) is 16.6. The van der Waals surface area contributed by atoms with Crippen molar-refractivity contribution in [3.05, 3.63) is 106 Å². The lowest BCUT2D eigenvalue weighted by molar-refractivity contribution is -0.124. The van der Waals surface area contributed by atoms with Crippen molar-refractivity contribution in [3.63, 3.8) is 0 Å². The van der Waals surface area contributed by atoms with Crippen molar-refractivity contribution in [2.45, 2.75) is 24.4 Å². The third-order valence-electron chi connectivity index (χ3n) is 5.02. The molecule has 0 aliphatic carbocycles. The van der Waals surface area contributed by atoms with Gasteiger partial charge in [0.2, 0.25) is 5.82 Å². The van der Waals surface area contributed by atoms with E-state index in [0.29, 0.717) is 28.6 Å². The van der Waals surface area contributed by atoms with E-state index < -0.39 is 51.7 Å². The van der Waals surface area contributed by atoms with Crippen LogP contribution in [0.2, 0.25) is 0 Å². The molecule has 1 amide bonds. The van der Waals surface area contributed by atoms with Gasteiger partial charge in [0.25, 0.3) is 5.91 Å². The van der Waals surface area contributed by atoms with Gasteiger partial charge in [0, 0.05) is 18.7 Å². The zero-order valence-electron chi connectivity index (χ0n) is 18.0. The fourth-order valence-electron chi connectivity index (χ4n) is 3.06. The molecule has 0 aliphatic heterocycles. The topological polar surface area (TPSA) is 52.6 Å². The Kier molecular flexibility index (Phi) is 8.60. The van der Waals surface area contributed by atoms with Gasteiger partial charge in [-0.05, 0) is 53.8 Å². The van der Waals surface area contributed by atoms with Gasteiger partial charge in [0.15, 0.2) is 23.3 Å². The largest absolute Gasteiger partial charge is 0.288 e. The molecule has 3 aromatic rings. The van der Waals surface area contributed by atoms with Crippen LogP contribution in [0.1, 0.15) is 29.7 Å². The van der Waals surface area contributed by atoms with Crippen LogP contribution in [0.4, 0.5) is 26.3 Å². The molecule has 1 unspecified atom stereocenters. The van der Waals surface area contributed by atoms with E-state index in [1.54, 1.807) is 31.2 Å². The van der Waals surface area contributed by atoms with Crippen LogP contribution in [-0.4, -0.2) is 15.4 Å². The summed E-state index contributed by atoms with van der Waals surface area (Å²) in [6, 6.07) is 11.2. The average Bonchev–Trinajstić information content (AvgIpc) is 2.87. The van der Waals surface area contributed by atoms with Gasteiger partial charge in [-0.25, -0.2) is 36.1 Å². The van der Waals surface area contributed by atoms with E-state index in [0.717, 1.165) is 6.08 Å². The van der Waals surface area contributed by atoms with Crippen molar-refractivity contribution in [3.8, 4) is 0 Å². The van der Waals surface area contributed by atoms with Gasteiger partial charge in [0.1, 0.15) is 10.7 Å². The summed E-state index contributed by atoms with van der Waals surface area (Å²) in [7, 11) is 0. The van der Waals surface area contributed by atoms with Crippen LogP contribution in [0.3, 0.4) is 0 Å². The Labute approximate surface area is 201 Å². The second kappa shape index (κ2) is 11.4. The van der Waals surface area contributed by atoms with Crippen molar-refractivity contribution >= 4 is 23.9 Å². The highest BCUT2D eigenvalue weighted by molar-refractivity contribution is 7.97. The molecule has 4 nitrogen and oxygen atoms in total. The second-order valence-corrected chi connectivity index (χ2v) is 8.40. The van der Waals surface area contributed by atoms with Gasteiger partial charge in [-0.2, -0.15) is 0 Å². The highest BCUT2D eigenvalue weighted by atomic mass is 32.2. The first kappa shape index (κ1) is 26.3. The van der Waals surface area contributed by atoms with Crippen LogP contribution in [0.15, 0.2) is 59.5 Å². The monoisotopic (exact) mass is 512 g/mol. The summed E-state index contributed by atoms with van der Waals surface area (Å²) in [6.45, 7) is 1.64. The predicted molar refractivity (Wildman–Crippen MR) is 118 cm³/mol. The highest BCUT2D eigenvalue weighted by Crippen LogP contribution is 2.38. The molecular formula is C24H18F6N2O2S. The van der Waals surface area contributed by atoms with Gasteiger partial charge in [-0.15, -0.1) is 0 Å². The Morgan fingerprint density at radius 2 is 1.46 bits per heavy atom. The predicted octanol–water partition coefficient (Wildman–Crippen LogP) is 6.31. The third-order valence-corrected chi connectivity index (χ3v) is 6.24. The minimum atomic E-state index is -2.25. The lowest BCUT2D eigenvalue weighted by Gasteiger charge is -2.29. The van der Waals surface area contributed by atoms with Gasteiger partial charge in [-0.3, -0.25) is 10.0 Å². The number of nitrogens with zero attached hydrogens (tertiary/aromatic N) is 1. The van der Waals surface area contributed by atoms with Crippen LogP contribution in [0.5, 0.6) is 0 Å². The van der Waals surface area contributed by atoms with E-state index in [9.17, 15) is 31.1 Å². The summed E-state index contributed by atoms with van der Waals surface area (Å²) >= 11 is 0.351. The molecule has 0 spiro atoms. The molecule has 2 N–H and O–H groups in total. The van der Waals surface area contributed by atoms with E-state index in [1.165, 1.54) is 40.1 Å². The number of hydroxylamine groups is 1. The minimum absolute atomic E-state index is 0.00379. The quantitative estimate of drug-likeness (QED) is 0.0707. The molecule has 11 heteroatoms. The molecule has 0 fully saturated rings. The van der Waals surface area contributed by atoms with Crippen molar-refractivity contribution in [1.29, 1.82) is 0 Å². The Balaban J connectivity index is 1.95. The van der Waals surface area contributed by atoms with Crippen LogP contribution in [-0.2, 0) is 11.3 Å². The van der Waals surface area contributed by atoms with Crippen molar-refractivity contribution in [2.24, 2.45) is 0 Å². The third kappa shape index (κ3) is 6.24. The first-order valence-corrected chi connectivity index (χ1v) is 10.8. The lowest BCUT2D eigenvalue weighted by atomic mass is 10.1. The molecule has 0 aromatic heterocycles. The van der Waals surface area contributed by atoms with E-state index >= 15 is 0 Å². The summed E-state index contributed by atoms with van der Waals surface area (Å²) in [4.78, 5) is 10.0. The molecule has 35 heavy (non-hydrogen) atoms. The summed E-state index contributed by atoms with van der Waals surface area (Å²) in [5, 5.41) is 8.53. The lowest BCUT2D eigenvalue weighted by Crippen LogP contribution is -2.21. The molecule has 0 bridgehead atoms. The SMILES string of the molecule is CC(c1ccc(F)cc1)N(Cc1ccc(/C=C/C(=O)NO)cc1)Sc1c(F)c(F)c(F)c(F)c1F. The molecule has 3 aromatic carbocycles. The molecular weight excluding hydrogens is 494 g/mol. The zero-order chi connectivity index (χ0) is 25.7. The Morgan fingerprint density at radius 1 is 0.914 bits per heavy atom. The van der Waals surface area contributed by atoms with Crippen LogP contribution in [0.25, 0.3) is 6.08 Å². The maximum absolute atomic E-state index is 14.4. The molecule has 0 heterocycles. The number of nitrogens with one attached hydrogen (secondary N) is 1. The van der Waals surface area contributed by atoms with E-state index in [1.807, 2.05) is 0 Å². The number of hydrogen-bond acceptors (Lipinski definition) is 4. The number of carbonyl (C=O) groups excluding carboxylic acids is 1. The number of rotatable bonds is 8. The molecule has 3 rings (SSSR count). The van der Waals surface area contributed by atoms with Crippen LogP contribution in [0, 0.1) is 34.9 Å². The molecule has 0 saturated carbocycles. The number of halogens is 6. The van der Waals surface area contributed by atoms with E-state index in [2.05, 4.69) is 0 Å². The number of carbonyl (C=O) groups is 1. The Bertz CT molecular complexity index is 1210. The highest BCUT2D eigenvalue weighted by Gasteiger charge is 2.29. The van der Waals surface area contributed by atoms with E-state index in [4.69, 9.17) is 5.21 Å². The molecule has 0 aliphatic rings. The smallest absolute Gasteiger partial charge is 0.267 e. The Hall–Kier alpha value is -3.28. The molecule has 0 radical (unpaired) electrons.